The van der Waals surface area contributed by atoms with Gasteiger partial charge in [-0.1, -0.05) is 6.58 Å². The minimum atomic E-state index is -0.435. The predicted molar refractivity (Wildman–Crippen MR) is 51.6 cm³/mol. The lowest BCUT2D eigenvalue weighted by atomic mass is 10.2. The third-order valence-electron chi connectivity index (χ3n) is 1.52. The Morgan fingerprint density at radius 3 is 2.57 bits per heavy atom. The number of carbonyl (C=O) groups is 2. The van der Waals surface area contributed by atoms with Gasteiger partial charge in [0.25, 0.3) is 0 Å². The molecule has 0 aromatic carbocycles. The van der Waals surface area contributed by atoms with Crippen LogP contribution < -0.4 is 0 Å². The standard InChI is InChI=1S/C9H13ClO4/c1-2-8(11)13-7-5-3-4-6-9(12)14-10/h2H,1,3-7H2. The molecule has 0 aliphatic rings. The van der Waals surface area contributed by atoms with Crippen LogP contribution in [0.3, 0.4) is 0 Å². The van der Waals surface area contributed by atoms with E-state index in [1.54, 1.807) is 0 Å². The third kappa shape index (κ3) is 7.61. The lowest BCUT2D eigenvalue weighted by Crippen LogP contribution is -2.02. The zero-order valence-electron chi connectivity index (χ0n) is 7.83. The fourth-order valence-corrected chi connectivity index (χ4v) is 0.896. The van der Waals surface area contributed by atoms with Crippen molar-refractivity contribution in [2.75, 3.05) is 6.61 Å². The Labute approximate surface area is 88.0 Å². The summed E-state index contributed by atoms with van der Waals surface area (Å²) in [6.45, 7) is 3.61. The van der Waals surface area contributed by atoms with Crippen LogP contribution in [0.1, 0.15) is 25.7 Å². The van der Waals surface area contributed by atoms with E-state index >= 15 is 0 Å². The minimum absolute atomic E-state index is 0.291. The van der Waals surface area contributed by atoms with Gasteiger partial charge in [0.1, 0.15) is 11.9 Å². The summed E-state index contributed by atoms with van der Waals surface area (Å²) in [4.78, 5) is 21.1. The van der Waals surface area contributed by atoms with Gasteiger partial charge < -0.3 is 9.03 Å². The van der Waals surface area contributed by atoms with Crippen LogP contribution in [0, 0.1) is 0 Å². The maximum atomic E-state index is 10.6. The number of carbonyl (C=O) groups excluding carboxylic acids is 2. The summed E-state index contributed by atoms with van der Waals surface area (Å²) in [5.74, 6) is -0.861. The number of esters is 1. The highest BCUT2D eigenvalue weighted by Gasteiger charge is 2.01. The molecule has 0 fully saturated rings. The Kier molecular flexibility index (Phi) is 7.93. The van der Waals surface area contributed by atoms with Crippen LogP contribution in [0.15, 0.2) is 12.7 Å². The summed E-state index contributed by atoms with van der Waals surface area (Å²) >= 11 is 4.82. The number of halogens is 1. The van der Waals surface area contributed by atoms with Gasteiger partial charge >= 0.3 is 11.9 Å². The molecule has 0 unspecified atom stereocenters. The molecule has 0 saturated carbocycles. The van der Waals surface area contributed by atoms with Gasteiger partial charge in [-0.05, 0) is 19.3 Å². The van der Waals surface area contributed by atoms with E-state index in [1.165, 1.54) is 0 Å². The number of ether oxygens (including phenoxy) is 1. The minimum Gasteiger partial charge on any atom is -0.463 e. The van der Waals surface area contributed by atoms with Crippen LogP contribution in [0.5, 0.6) is 0 Å². The second-order valence-corrected chi connectivity index (χ2v) is 2.79. The van der Waals surface area contributed by atoms with Crippen molar-refractivity contribution in [1.29, 1.82) is 0 Å². The van der Waals surface area contributed by atoms with E-state index in [1.807, 2.05) is 0 Å². The van der Waals surface area contributed by atoms with Crippen molar-refractivity contribution < 1.29 is 18.6 Å². The highest BCUT2D eigenvalue weighted by atomic mass is 35.5. The molecule has 80 valence electrons. The average Bonchev–Trinajstić information content (AvgIpc) is 2.22. The molecular formula is C9H13ClO4. The number of unbranched alkanes of at least 4 members (excludes halogenated alkanes) is 2. The molecule has 0 N–H and O–H groups in total. The molecule has 0 rings (SSSR count). The highest BCUT2D eigenvalue weighted by Crippen LogP contribution is 2.02. The Hall–Kier alpha value is -1.03. The fourth-order valence-electron chi connectivity index (χ4n) is 0.818. The normalized spacial score (nSPS) is 9.21. The molecular weight excluding hydrogens is 208 g/mol. The molecule has 0 aromatic rings. The van der Waals surface area contributed by atoms with E-state index in [9.17, 15) is 9.59 Å². The molecule has 0 saturated heterocycles. The van der Waals surface area contributed by atoms with Crippen molar-refractivity contribution >= 4 is 23.8 Å². The first-order chi connectivity index (χ1) is 6.70. The molecule has 0 radical (unpaired) electrons. The summed E-state index contributed by atoms with van der Waals surface area (Å²) in [6, 6.07) is 0. The van der Waals surface area contributed by atoms with E-state index in [0.717, 1.165) is 18.9 Å². The first-order valence-corrected chi connectivity index (χ1v) is 4.62. The van der Waals surface area contributed by atoms with Crippen molar-refractivity contribution in [2.45, 2.75) is 25.7 Å². The zero-order valence-corrected chi connectivity index (χ0v) is 8.59. The maximum absolute atomic E-state index is 10.6. The van der Waals surface area contributed by atoms with E-state index in [-0.39, 0.29) is 0 Å². The van der Waals surface area contributed by atoms with Gasteiger partial charge in [0, 0.05) is 12.5 Å². The van der Waals surface area contributed by atoms with Gasteiger partial charge in [0.15, 0.2) is 0 Å². The highest BCUT2D eigenvalue weighted by molar-refractivity contribution is 6.13. The Morgan fingerprint density at radius 1 is 1.29 bits per heavy atom. The van der Waals surface area contributed by atoms with Gasteiger partial charge in [0.05, 0.1) is 6.61 Å². The smallest absolute Gasteiger partial charge is 0.330 e. The van der Waals surface area contributed by atoms with Crippen molar-refractivity contribution in [3.05, 3.63) is 12.7 Å². The number of hydrogen-bond donors (Lipinski definition) is 0. The second kappa shape index (κ2) is 8.56. The second-order valence-electron chi connectivity index (χ2n) is 2.63. The van der Waals surface area contributed by atoms with Crippen LogP contribution in [0.2, 0.25) is 0 Å². The molecule has 0 aliphatic heterocycles. The van der Waals surface area contributed by atoms with Crippen LogP contribution in [0.4, 0.5) is 0 Å². The molecule has 0 amide bonds. The lowest BCUT2D eigenvalue weighted by molar-refractivity contribution is -0.138. The largest absolute Gasteiger partial charge is 0.463 e. The molecule has 0 aromatic heterocycles. The van der Waals surface area contributed by atoms with Crippen molar-refractivity contribution in [2.24, 2.45) is 0 Å². The summed E-state index contributed by atoms with van der Waals surface area (Å²) in [7, 11) is 0. The Bertz CT molecular complexity index is 203. The van der Waals surface area contributed by atoms with Crippen molar-refractivity contribution in [3.8, 4) is 0 Å². The molecule has 0 aliphatic carbocycles. The molecule has 0 heterocycles. The summed E-state index contributed by atoms with van der Waals surface area (Å²) in [6.07, 6.45) is 3.59. The first-order valence-electron chi connectivity index (χ1n) is 4.31. The van der Waals surface area contributed by atoms with Crippen LogP contribution >= 0.6 is 11.9 Å². The summed E-state index contributed by atoms with van der Waals surface area (Å²) in [5, 5.41) is 0. The Balaban J connectivity index is 3.18. The van der Waals surface area contributed by atoms with Crippen molar-refractivity contribution in [1.82, 2.24) is 0 Å². The van der Waals surface area contributed by atoms with E-state index in [0.29, 0.717) is 19.4 Å². The average molecular weight is 221 g/mol. The summed E-state index contributed by atoms with van der Waals surface area (Å²) < 4.78 is 8.67. The number of rotatable bonds is 7. The van der Waals surface area contributed by atoms with Gasteiger partial charge in [-0.2, -0.15) is 0 Å². The molecule has 14 heavy (non-hydrogen) atoms. The summed E-state index contributed by atoms with van der Waals surface area (Å²) in [5.41, 5.74) is 0. The van der Waals surface area contributed by atoms with Gasteiger partial charge in [-0.25, -0.2) is 4.79 Å². The van der Waals surface area contributed by atoms with E-state index < -0.39 is 11.9 Å². The lowest BCUT2D eigenvalue weighted by Gasteiger charge is -2.00. The molecule has 5 heteroatoms. The van der Waals surface area contributed by atoms with E-state index in [4.69, 9.17) is 16.6 Å². The topological polar surface area (TPSA) is 52.6 Å². The molecule has 0 spiro atoms. The monoisotopic (exact) mass is 220 g/mol. The molecule has 0 atom stereocenters. The zero-order chi connectivity index (χ0) is 10.8. The van der Waals surface area contributed by atoms with Crippen LogP contribution in [-0.2, 0) is 18.6 Å². The number of hydrogen-bond acceptors (Lipinski definition) is 4. The van der Waals surface area contributed by atoms with Crippen LogP contribution in [-0.4, -0.2) is 18.5 Å². The van der Waals surface area contributed by atoms with E-state index in [2.05, 4.69) is 10.9 Å². The predicted octanol–water partition coefficient (Wildman–Crippen LogP) is 1.97. The van der Waals surface area contributed by atoms with Gasteiger partial charge in [-0.15, -0.1) is 0 Å². The Morgan fingerprint density at radius 2 is 2.00 bits per heavy atom. The maximum Gasteiger partial charge on any atom is 0.330 e. The molecule has 4 nitrogen and oxygen atoms in total. The van der Waals surface area contributed by atoms with Gasteiger partial charge in [-0.3, -0.25) is 4.79 Å². The SMILES string of the molecule is C=CC(=O)OCCCCCC(=O)OCl. The van der Waals surface area contributed by atoms with Crippen molar-refractivity contribution in [3.63, 3.8) is 0 Å². The van der Waals surface area contributed by atoms with Crippen LogP contribution in [0.25, 0.3) is 0 Å². The first kappa shape index (κ1) is 13.0. The van der Waals surface area contributed by atoms with Gasteiger partial charge in [0.2, 0.25) is 0 Å². The molecule has 0 bridgehead atoms. The fraction of sp³-hybridized carbons (Fsp3) is 0.556. The quantitative estimate of drug-likeness (QED) is 0.374. The third-order valence-corrected chi connectivity index (χ3v) is 1.69.